The zero-order valence-corrected chi connectivity index (χ0v) is 8.94. The van der Waals surface area contributed by atoms with Gasteiger partial charge in [0.05, 0.1) is 28.7 Å². The molecule has 1 aromatic carbocycles. The molecule has 0 saturated carbocycles. The van der Waals surface area contributed by atoms with Crippen LogP contribution in [0, 0.1) is 11.3 Å². The van der Waals surface area contributed by atoms with E-state index >= 15 is 0 Å². The molecule has 3 N–H and O–H groups in total. The van der Waals surface area contributed by atoms with Gasteiger partial charge in [-0.05, 0) is 24.3 Å². The number of nitrogens with zero attached hydrogens (tertiary/aromatic N) is 2. The Bertz CT molecular complexity index is 522. The summed E-state index contributed by atoms with van der Waals surface area (Å²) in [5.41, 5.74) is 8.98. The Morgan fingerprint density at radius 3 is 2.81 bits per heavy atom. The van der Waals surface area contributed by atoms with Crippen LogP contribution in [0.1, 0.15) is 5.56 Å². The van der Waals surface area contributed by atoms with Gasteiger partial charge in [-0.3, -0.25) is 0 Å². The summed E-state index contributed by atoms with van der Waals surface area (Å²) in [4.78, 5) is 4.92. The molecule has 4 heteroatoms. The molecule has 0 amide bonds. The predicted octanol–water partition coefficient (Wildman–Crippen LogP) is 2.24. The number of benzene rings is 1. The number of hydrogen-bond donors (Lipinski definition) is 2. The van der Waals surface area contributed by atoms with E-state index in [2.05, 4.69) is 11.1 Å². The van der Waals surface area contributed by atoms with Crippen LogP contribution >= 0.6 is 0 Å². The highest BCUT2D eigenvalue weighted by molar-refractivity contribution is 5.75. The topological polar surface area (TPSA) is 68.8 Å². The number of aromatic nitrogens is 1. The smallest absolute Gasteiger partial charge is 0.0992 e. The fourth-order valence-electron chi connectivity index (χ4n) is 1.57. The van der Waals surface area contributed by atoms with E-state index in [1.165, 1.54) is 0 Å². The molecular weight excluding hydrogens is 200 g/mol. The van der Waals surface area contributed by atoms with E-state index in [1.54, 1.807) is 18.2 Å². The van der Waals surface area contributed by atoms with Crippen LogP contribution in [0.25, 0.3) is 0 Å². The highest BCUT2D eigenvalue weighted by Gasteiger charge is 2.08. The Balaban J connectivity index is 2.44. The first-order chi connectivity index (χ1) is 7.72. The van der Waals surface area contributed by atoms with E-state index in [1.807, 2.05) is 30.4 Å². The third-order valence-corrected chi connectivity index (χ3v) is 2.49. The van der Waals surface area contributed by atoms with Gasteiger partial charge in [-0.25, -0.2) is 0 Å². The van der Waals surface area contributed by atoms with Crippen molar-refractivity contribution in [1.29, 1.82) is 5.26 Å². The summed E-state index contributed by atoms with van der Waals surface area (Å²) in [6.07, 6.45) is 3.72. The summed E-state index contributed by atoms with van der Waals surface area (Å²) < 4.78 is 0. The third kappa shape index (κ3) is 1.71. The Hall–Kier alpha value is -2.41. The second-order valence-corrected chi connectivity index (χ2v) is 3.51. The summed E-state index contributed by atoms with van der Waals surface area (Å²) in [5, 5.41) is 8.85. The van der Waals surface area contributed by atoms with E-state index in [-0.39, 0.29) is 0 Å². The third-order valence-electron chi connectivity index (χ3n) is 2.49. The van der Waals surface area contributed by atoms with E-state index in [4.69, 9.17) is 11.0 Å². The van der Waals surface area contributed by atoms with Crippen LogP contribution in [-0.2, 0) is 0 Å². The number of H-pyrrole nitrogens is 1. The minimum Gasteiger partial charge on any atom is -0.397 e. The van der Waals surface area contributed by atoms with Gasteiger partial charge in [0.15, 0.2) is 0 Å². The molecule has 0 saturated heterocycles. The van der Waals surface area contributed by atoms with Crippen LogP contribution in [0.15, 0.2) is 36.7 Å². The van der Waals surface area contributed by atoms with Crippen LogP contribution in [-0.4, -0.2) is 12.0 Å². The van der Waals surface area contributed by atoms with Gasteiger partial charge in [-0.1, -0.05) is 0 Å². The Kier molecular flexibility index (Phi) is 2.52. The van der Waals surface area contributed by atoms with E-state index in [0.29, 0.717) is 11.3 Å². The van der Waals surface area contributed by atoms with E-state index < -0.39 is 0 Å². The van der Waals surface area contributed by atoms with Crippen LogP contribution in [0.5, 0.6) is 0 Å². The molecule has 1 aromatic heterocycles. The molecule has 0 aliphatic rings. The van der Waals surface area contributed by atoms with Gasteiger partial charge in [0.25, 0.3) is 0 Å². The molecule has 0 unspecified atom stereocenters. The number of aromatic amines is 1. The summed E-state index contributed by atoms with van der Waals surface area (Å²) in [5.74, 6) is 0. The molecule has 2 aromatic rings. The van der Waals surface area contributed by atoms with Crippen molar-refractivity contribution in [2.24, 2.45) is 0 Å². The number of anilines is 3. The molecular formula is C12H12N4. The van der Waals surface area contributed by atoms with Gasteiger partial charge < -0.3 is 15.6 Å². The van der Waals surface area contributed by atoms with Crippen LogP contribution in [0.3, 0.4) is 0 Å². The molecule has 0 spiro atoms. The highest BCUT2D eigenvalue weighted by Crippen LogP contribution is 2.29. The maximum Gasteiger partial charge on any atom is 0.0992 e. The maximum atomic E-state index is 8.85. The molecule has 0 bridgehead atoms. The molecule has 80 valence electrons. The van der Waals surface area contributed by atoms with Crippen molar-refractivity contribution in [3.63, 3.8) is 0 Å². The van der Waals surface area contributed by atoms with Gasteiger partial charge in [-0.15, -0.1) is 0 Å². The zero-order chi connectivity index (χ0) is 11.5. The van der Waals surface area contributed by atoms with Crippen molar-refractivity contribution >= 4 is 17.1 Å². The fourth-order valence-corrected chi connectivity index (χ4v) is 1.57. The molecule has 0 atom stereocenters. The van der Waals surface area contributed by atoms with Gasteiger partial charge in [-0.2, -0.15) is 5.26 Å². The molecule has 0 aliphatic heterocycles. The summed E-state index contributed by atoms with van der Waals surface area (Å²) >= 11 is 0. The van der Waals surface area contributed by atoms with Crippen molar-refractivity contribution in [1.82, 2.24) is 4.98 Å². The number of nitrogens with one attached hydrogen (secondary N) is 1. The van der Waals surface area contributed by atoms with E-state index in [9.17, 15) is 0 Å². The van der Waals surface area contributed by atoms with Gasteiger partial charge in [0, 0.05) is 19.4 Å². The SMILES string of the molecule is CN(c1cc[nH]c1)c1cc(C#N)ccc1N. The fraction of sp³-hybridized carbons (Fsp3) is 0.0833. The molecule has 4 nitrogen and oxygen atoms in total. The van der Waals surface area contributed by atoms with E-state index in [0.717, 1.165) is 11.4 Å². The monoisotopic (exact) mass is 212 g/mol. The number of hydrogen-bond acceptors (Lipinski definition) is 3. The lowest BCUT2D eigenvalue weighted by Gasteiger charge is -2.19. The molecule has 0 fully saturated rings. The van der Waals surface area contributed by atoms with Crippen molar-refractivity contribution in [2.75, 3.05) is 17.7 Å². The maximum absolute atomic E-state index is 8.85. The van der Waals surface area contributed by atoms with Crippen LogP contribution in [0.2, 0.25) is 0 Å². The summed E-state index contributed by atoms with van der Waals surface area (Å²) in [6, 6.07) is 9.29. The Labute approximate surface area is 93.9 Å². The van der Waals surface area contributed by atoms with Crippen molar-refractivity contribution in [3.05, 3.63) is 42.2 Å². The number of nitriles is 1. The standard InChI is InChI=1S/C12H12N4/c1-16(10-4-5-15-8-10)12-6-9(7-13)2-3-11(12)14/h2-6,8,15H,14H2,1H3. The first kappa shape index (κ1) is 10.1. The van der Waals surface area contributed by atoms with Gasteiger partial charge in [0.1, 0.15) is 0 Å². The van der Waals surface area contributed by atoms with Gasteiger partial charge in [0.2, 0.25) is 0 Å². The minimum absolute atomic E-state index is 0.603. The molecule has 0 radical (unpaired) electrons. The quantitative estimate of drug-likeness (QED) is 0.750. The highest BCUT2D eigenvalue weighted by atomic mass is 15.1. The number of rotatable bonds is 2. The minimum atomic E-state index is 0.603. The van der Waals surface area contributed by atoms with Gasteiger partial charge >= 0.3 is 0 Å². The lowest BCUT2D eigenvalue weighted by Crippen LogP contribution is -2.11. The Morgan fingerprint density at radius 2 is 2.19 bits per heavy atom. The summed E-state index contributed by atoms with van der Waals surface area (Å²) in [7, 11) is 1.91. The summed E-state index contributed by atoms with van der Waals surface area (Å²) in [6.45, 7) is 0. The Morgan fingerprint density at radius 1 is 1.38 bits per heavy atom. The molecule has 1 heterocycles. The molecule has 0 aliphatic carbocycles. The second kappa shape index (κ2) is 3.99. The number of nitrogen functional groups attached to an aromatic ring is 1. The first-order valence-electron chi connectivity index (χ1n) is 4.88. The lowest BCUT2D eigenvalue weighted by molar-refractivity contribution is 1.21. The molecule has 2 rings (SSSR count). The largest absolute Gasteiger partial charge is 0.397 e. The number of nitrogens with two attached hydrogens (primary N) is 1. The first-order valence-corrected chi connectivity index (χ1v) is 4.88. The average Bonchev–Trinajstić information content (AvgIpc) is 2.82. The van der Waals surface area contributed by atoms with Crippen molar-refractivity contribution in [3.8, 4) is 6.07 Å². The second-order valence-electron chi connectivity index (χ2n) is 3.51. The zero-order valence-electron chi connectivity index (χ0n) is 8.94. The average molecular weight is 212 g/mol. The molecule has 16 heavy (non-hydrogen) atoms. The normalized spacial score (nSPS) is 9.75. The van der Waals surface area contributed by atoms with Crippen LogP contribution < -0.4 is 10.6 Å². The lowest BCUT2D eigenvalue weighted by atomic mass is 10.1. The van der Waals surface area contributed by atoms with Crippen molar-refractivity contribution < 1.29 is 0 Å². The van der Waals surface area contributed by atoms with Crippen molar-refractivity contribution in [2.45, 2.75) is 0 Å². The predicted molar refractivity (Wildman–Crippen MR) is 64.4 cm³/mol. The van der Waals surface area contributed by atoms with Crippen LogP contribution in [0.4, 0.5) is 17.1 Å².